The van der Waals surface area contributed by atoms with Crippen molar-refractivity contribution in [2.75, 3.05) is 6.54 Å². The van der Waals surface area contributed by atoms with Crippen LogP contribution in [0.4, 0.5) is 0 Å². The third-order valence-corrected chi connectivity index (χ3v) is 2.04. The Balaban J connectivity index is 3.10. The van der Waals surface area contributed by atoms with Crippen molar-refractivity contribution in [1.29, 1.82) is 0 Å². The fourth-order valence-electron chi connectivity index (χ4n) is 0.841. The topological polar surface area (TPSA) is 48.0 Å². The van der Waals surface area contributed by atoms with E-state index in [-0.39, 0.29) is 5.56 Å². The van der Waals surface area contributed by atoms with Crippen LogP contribution in [0.5, 0.6) is 0 Å². The van der Waals surface area contributed by atoms with Gasteiger partial charge in [0.05, 0.1) is 4.60 Å². The summed E-state index contributed by atoms with van der Waals surface area (Å²) in [4.78, 5) is 11.1. The number of halogens is 1. The van der Waals surface area contributed by atoms with Crippen LogP contribution in [0.3, 0.4) is 0 Å². The van der Waals surface area contributed by atoms with Gasteiger partial charge in [0.25, 0.3) is 5.56 Å². The maximum Gasteiger partial charge on any atom is 0.251 e. The first kappa shape index (κ1) is 8.49. The van der Waals surface area contributed by atoms with Crippen molar-refractivity contribution in [3.05, 3.63) is 33.2 Å². The molecule has 0 aliphatic carbocycles. The lowest BCUT2D eigenvalue weighted by Gasteiger charge is -2.04. The molecule has 0 aliphatic rings. The van der Waals surface area contributed by atoms with Gasteiger partial charge in [-0.25, -0.2) is 0 Å². The van der Waals surface area contributed by atoms with Gasteiger partial charge in [0.15, 0.2) is 0 Å². The van der Waals surface area contributed by atoms with Crippen molar-refractivity contribution in [3.8, 4) is 0 Å². The molecule has 1 aromatic heterocycles. The van der Waals surface area contributed by atoms with Gasteiger partial charge in [-0.05, 0) is 22.0 Å². The van der Waals surface area contributed by atoms with Crippen LogP contribution in [-0.2, 0) is 6.54 Å². The van der Waals surface area contributed by atoms with Crippen molar-refractivity contribution in [1.82, 2.24) is 4.57 Å². The summed E-state index contributed by atoms with van der Waals surface area (Å²) in [5.74, 6) is 0. The van der Waals surface area contributed by atoms with Gasteiger partial charge in [-0.15, -0.1) is 0 Å². The number of nitrogens with zero attached hydrogens (tertiary/aromatic N) is 1. The molecule has 0 amide bonds. The fraction of sp³-hybridized carbons (Fsp3) is 0.286. The van der Waals surface area contributed by atoms with Crippen LogP contribution < -0.4 is 11.3 Å². The highest BCUT2D eigenvalue weighted by Crippen LogP contribution is 2.04. The first-order chi connectivity index (χ1) is 5.25. The second kappa shape index (κ2) is 3.69. The normalized spacial score (nSPS) is 10.0. The van der Waals surface area contributed by atoms with Crippen molar-refractivity contribution >= 4 is 15.9 Å². The molecule has 0 spiro atoms. The second-order valence-electron chi connectivity index (χ2n) is 2.13. The zero-order chi connectivity index (χ0) is 8.27. The Kier molecular flexibility index (Phi) is 2.84. The van der Waals surface area contributed by atoms with Crippen molar-refractivity contribution < 1.29 is 0 Å². The average molecular weight is 217 g/mol. The standard InChI is InChI=1S/C7H9BrN2O/c8-6-2-1-3-7(11)10(6)5-4-9/h1-3H,4-5,9H2. The third-order valence-electron chi connectivity index (χ3n) is 1.35. The average Bonchev–Trinajstić information content (AvgIpc) is 1.97. The molecule has 0 atom stereocenters. The lowest BCUT2D eigenvalue weighted by atomic mass is 10.4. The highest BCUT2D eigenvalue weighted by molar-refractivity contribution is 9.10. The molecule has 0 unspecified atom stereocenters. The molecule has 2 N–H and O–H groups in total. The van der Waals surface area contributed by atoms with E-state index >= 15 is 0 Å². The van der Waals surface area contributed by atoms with E-state index in [4.69, 9.17) is 5.73 Å². The summed E-state index contributed by atoms with van der Waals surface area (Å²) < 4.78 is 2.36. The van der Waals surface area contributed by atoms with E-state index in [9.17, 15) is 4.79 Å². The zero-order valence-electron chi connectivity index (χ0n) is 5.96. The summed E-state index contributed by atoms with van der Waals surface area (Å²) >= 11 is 3.26. The summed E-state index contributed by atoms with van der Waals surface area (Å²) in [6.07, 6.45) is 0. The number of hydrogen-bond donors (Lipinski definition) is 1. The minimum absolute atomic E-state index is 0.0233. The number of pyridine rings is 1. The molecule has 0 aliphatic heterocycles. The summed E-state index contributed by atoms with van der Waals surface area (Å²) in [6.45, 7) is 1.03. The molecule has 0 fully saturated rings. The molecule has 3 nitrogen and oxygen atoms in total. The number of rotatable bonds is 2. The van der Waals surface area contributed by atoms with Crippen molar-refractivity contribution in [3.63, 3.8) is 0 Å². The van der Waals surface area contributed by atoms with Gasteiger partial charge < -0.3 is 10.3 Å². The number of aromatic nitrogens is 1. The Morgan fingerprint density at radius 3 is 2.82 bits per heavy atom. The highest BCUT2D eigenvalue weighted by atomic mass is 79.9. The molecule has 0 bridgehead atoms. The molecule has 60 valence electrons. The highest BCUT2D eigenvalue weighted by Gasteiger charge is 1.96. The lowest BCUT2D eigenvalue weighted by Crippen LogP contribution is -2.23. The fourth-order valence-corrected chi connectivity index (χ4v) is 1.35. The molecular formula is C7H9BrN2O. The van der Waals surface area contributed by atoms with Gasteiger partial charge in [-0.3, -0.25) is 4.79 Å². The first-order valence-electron chi connectivity index (χ1n) is 3.31. The number of hydrogen-bond acceptors (Lipinski definition) is 2. The van der Waals surface area contributed by atoms with E-state index in [1.807, 2.05) is 6.07 Å². The molecule has 11 heavy (non-hydrogen) atoms. The third kappa shape index (κ3) is 1.91. The van der Waals surface area contributed by atoms with Crippen LogP contribution in [-0.4, -0.2) is 11.1 Å². The van der Waals surface area contributed by atoms with E-state index in [2.05, 4.69) is 15.9 Å². The number of nitrogens with two attached hydrogens (primary N) is 1. The first-order valence-corrected chi connectivity index (χ1v) is 4.10. The smallest absolute Gasteiger partial charge is 0.251 e. The Morgan fingerprint density at radius 1 is 1.55 bits per heavy atom. The van der Waals surface area contributed by atoms with Gasteiger partial charge in [-0.1, -0.05) is 6.07 Å². The SMILES string of the molecule is NCCn1c(Br)cccc1=O. The van der Waals surface area contributed by atoms with Crippen LogP contribution in [0.25, 0.3) is 0 Å². The summed E-state index contributed by atoms with van der Waals surface area (Å²) in [6, 6.07) is 5.04. The van der Waals surface area contributed by atoms with E-state index in [0.717, 1.165) is 4.60 Å². The lowest BCUT2D eigenvalue weighted by molar-refractivity contribution is 0.666. The Morgan fingerprint density at radius 2 is 2.27 bits per heavy atom. The molecule has 0 saturated carbocycles. The predicted octanol–water partition coefficient (Wildman–Crippen LogP) is 0.569. The van der Waals surface area contributed by atoms with Gasteiger partial charge in [-0.2, -0.15) is 0 Å². The largest absolute Gasteiger partial charge is 0.329 e. The Labute approximate surface area is 73.0 Å². The molecule has 0 saturated heterocycles. The van der Waals surface area contributed by atoms with E-state index in [1.54, 1.807) is 10.6 Å². The van der Waals surface area contributed by atoms with E-state index in [1.165, 1.54) is 6.07 Å². The minimum atomic E-state index is -0.0233. The van der Waals surface area contributed by atoms with Crippen molar-refractivity contribution in [2.24, 2.45) is 5.73 Å². The predicted molar refractivity (Wildman–Crippen MR) is 47.5 cm³/mol. The van der Waals surface area contributed by atoms with Gasteiger partial charge >= 0.3 is 0 Å². The Bertz CT molecular complexity index is 295. The van der Waals surface area contributed by atoms with Gasteiger partial charge in [0.2, 0.25) is 0 Å². The second-order valence-corrected chi connectivity index (χ2v) is 2.94. The van der Waals surface area contributed by atoms with Crippen LogP contribution in [0.15, 0.2) is 27.6 Å². The molecule has 1 aromatic rings. The van der Waals surface area contributed by atoms with E-state index < -0.39 is 0 Å². The molecule has 0 radical (unpaired) electrons. The quantitative estimate of drug-likeness (QED) is 0.736. The Hall–Kier alpha value is -0.610. The maximum absolute atomic E-state index is 11.1. The van der Waals surface area contributed by atoms with E-state index in [0.29, 0.717) is 13.1 Å². The molecule has 4 heteroatoms. The van der Waals surface area contributed by atoms with Gasteiger partial charge in [0.1, 0.15) is 0 Å². The van der Waals surface area contributed by atoms with Crippen LogP contribution >= 0.6 is 15.9 Å². The minimum Gasteiger partial charge on any atom is -0.329 e. The maximum atomic E-state index is 11.1. The van der Waals surface area contributed by atoms with Crippen molar-refractivity contribution in [2.45, 2.75) is 6.54 Å². The molecule has 0 aromatic carbocycles. The monoisotopic (exact) mass is 216 g/mol. The zero-order valence-corrected chi connectivity index (χ0v) is 7.54. The summed E-state index contributed by atoms with van der Waals surface area (Å²) in [5, 5.41) is 0. The summed E-state index contributed by atoms with van der Waals surface area (Å²) in [5.41, 5.74) is 5.29. The van der Waals surface area contributed by atoms with Crippen LogP contribution in [0.1, 0.15) is 0 Å². The molecule has 1 rings (SSSR count). The van der Waals surface area contributed by atoms with Crippen LogP contribution in [0.2, 0.25) is 0 Å². The molecule has 1 heterocycles. The summed E-state index contributed by atoms with van der Waals surface area (Å²) in [7, 11) is 0. The van der Waals surface area contributed by atoms with Crippen LogP contribution in [0, 0.1) is 0 Å². The molecular weight excluding hydrogens is 208 g/mol. The van der Waals surface area contributed by atoms with Gasteiger partial charge in [0, 0.05) is 19.2 Å².